The number of aromatic nitrogens is 2. The van der Waals surface area contributed by atoms with Crippen LogP contribution in [0.5, 0.6) is 0 Å². The fraction of sp³-hybridized carbons (Fsp3) is 0.571. The van der Waals surface area contributed by atoms with E-state index < -0.39 is 17.5 Å². The molecule has 0 unspecified atom stereocenters. The molecule has 2 N–H and O–H groups in total. The van der Waals surface area contributed by atoms with Gasteiger partial charge in [0.2, 0.25) is 5.91 Å². The maximum absolute atomic E-state index is 12.1. The van der Waals surface area contributed by atoms with Gasteiger partial charge in [0.05, 0.1) is 25.2 Å². The first-order chi connectivity index (χ1) is 10.9. The summed E-state index contributed by atoms with van der Waals surface area (Å²) in [5.74, 6) is -0.754. The van der Waals surface area contributed by atoms with E-state index in [0.29, 0.717) is 13.2 Å². The molecule has 0 spiro atoms. The topological polar surface area (TPSA) is 106 Å². The van der Waals surface area contributed by atoms with E-state index in [9.17, 15) is 14.4 Å². The van der Waals surface area contributed by atoms with Crippen molar-refractivity contribution in [3.63, 3.8) is 0 Å². The Hall–Kier alpha value is -2.42. The van der Waals surface area contributed by atoms with Gasteiger partial charge in [-0.1, -0.05) is 0 Å². The van der Waals surface area contributed by atoms with E-state index in [2.05, 4.69) is 15.6 Å². The van der Waals surface area contributed by atoms with E-state index in [-0.39, 0.29) is 19.0 Å². The molecule has 0 radical (unpaired) electrons. The van der Waals surface area contributed by atoms with Crippen LogP contribution in [0.1, 0.15) is 19.5 Å². The fourth-order valence-electron chi connectivity index (χ4n) is 2.24. The van der Waals surface area contributed by atoms with Crippen LogP contribution in [0, 0.1) is 0 Å². The largest absolute Gasteiger partial charge is 0.383 e. The second-order valence-electron chi connectivity index (χ2n) is 5.75. The molecule has 23 heavy (non-hydrogen) atoms. The Kier molecular flexibility index (Phi) is 4.99. The summed E-state index contributed by atoms with van der Waals surface area (Å²) < 4.78 is 6.89. The molecule has 2 heterocycles. The Morgan fingerprint density at radius 2 is 2.17 bits per heavy atom. The van der Waals surface area contributed by atoms with Crippen LogP contribution >= 0.6 is 0 Å². The molecule has 0 bridgehead atoms. The summed E-state index contributed by atoms with van der Waals surface area (Å²) in [7, 11) is 1.61. The highest BCUT2D eigenvalue weighted by atomic mass is 16.5. The molecule has 0 aliphatic carbocycles. The van der Waals surface area contributed by atoms with Crippen molar-refractivity contribution in [3.05, 3.63) is 18.2 Å². The molecular weight excluding hydrogens is 302 g/mol. The van der Waals surface area contributed by atoms with Crippen LogP contribution in [0.2, 0.25) is 0 Å². The molecule has 1 saturated heterocycles. The average molecular weight is 323 g/mol. The first-order valence-corrected chi connectivity index (χ1v) is 7.24. The van der Waals surface area contributed by atoms with Gasteiger partial charge in [0, 0.05) is 19.9 Å². The number of imidazole rings is 1. The third-order valence-electron chi connectivity index (χ3n) is 3.80. The Morgan fingerprint density at radius 1 is 1.43 bits per heavy atom. The van der Waals surface area contributed by atoms with Gasteiger partial charge >= 0.3 is 6.03 Å². The quantitative estimate of drug-likeness (QED) is 0.657. The predicted molar refractivity (Wildman–Crippen MR) is 80.3 cm³/mol. The molecule has 4 amide bonds. The van der Waals surface area contributed by atoms with Gasteiger partial charge in [-0.3, -0.25) is 14.9 Å². The van der Waals surface area contributed by atoms with Crippen LogP contribution in [-0.4, -0.2) is 58.1 Å². The lowest BCUT2D eigenvalue weighted by Crippen LogP contribution is -2.48. The Balaban J connectivity index is 1.90. The SMILES string of the molecule is COCCn1cncc1CNC(=O)CN1C(=O)NC(=O)C1(C)C. The number of nitrogens with zero attached hydrogens (tertiary/aromatic N) is 3. The van der Waals surface area contributed by atoms with Gasteiger partial charge in [-0.05, 0) is 13.8 Å². The molecule has 0 atom stereocenters. The number of imide groups is 1. The molecule has 1 aliphatic rings. The minimum Gasteiger partial charge on any atom is -0.383 e. The van der Waals surface area contributed by atoms with Gasteiger partial charge in [-0.2, -0.15) is 0 Å². The Morgan fingerprint density at radius 3 is 2.78 bits per heavy atom. The van der Waals surface area contributed by atoms with E-state index in [1.54, 1.807) is 33.5 Å². The number of nitrogens with one attached hydrogen (secondary N) is 2. The molecule has 9 nitrogen and oxygen atoms in total. The average Bonchev–Trinajstić information content (AvgIpc) is 3.01. The number of carbonyl (C=O) groups excluding carboxylic acids is 3. The lowest BCUT2D eigenvalue weighted by molar-refractivity contribution is -0.127. The lowest BCUT2D eigenvalue weighted by Gasteiger charge is -2.27. The van der Waals surface area contributed by atoms with Gasteiger partial charge in [0.25, 0.3) is 5.91 Å². The monoisotopic (exact) mass is 323 g/mol. The van der Waals surface area contributed by atoms with Gasteiger partial charge in [-0.25, -0.2) is 9.78 Å². The molecule has 1 aromatic rings. The van der Waals surface area contributed by atoms with E-state index in [0.717, 1.165) is 5.69 Å². The standard InChI is InChI=1S/C14H21N5O4/c1-14(2)12(21)17-13(22)19(14)8-11(20)16-7-10-6-15-9-18(10)4-5-23-3/h6,9H,4-5,7-8H2,1-3H3,(H,16,20)(H,17,21,22). The van der Waals surface area contributed by atoms with E-state index in [1.807, 2.05) is 4.57 Å². The second-order valence-corrected chi connectivity index (χ2v) is 5.75. The van der Waals surface area contributed by atoms with Crippen molar-refractivity contribution in [3.8, 4) is 0 Å². The van der Waals surface area contributed by atoms with Crippen molar-refractivity contribution in [1.82, 2.24) is 25.1 Å². The van der Waals surface area contributed by atoms with Gasteiger partial charge in [-0.15, -0.1) is 0 Å². The van der Waals surface area contributed by atoms with Crippen molar-refractivity contribution in [1.29, 1.82) is 0 Å². The minimum absolute atomic E-state index is 0.184. The molecule has 0 aromatic carbocycles. The maximum atomic E-state index is 12.1. The minimum atomic E-state index is -1.03. The number of methoxy groups -OCH3 is 1. The van der Waals surface area contributed by atoms with Crippen molar-refractivity contribution in [2.75, 3.05) is 20.3 Å². The van der Waals surface area contributed by atoms with Crippen LogP contribution in [0.3, 0.4) is 0 Å². The molecule has 0 saturated carbocycles. The first-order valence-electron chi connectivity index (χ1n) is 7.24. The summed E-state index contributed by atoms with van der Waals surface area (Å²) in [5, 5.41) is 4.93. The van der Waals surface area contributed by atoms with E-state index in [4.69, 9.17) is 4.74 Å². The molecule has 2 rings (SSSR count). The highest BCUT2D eigenvalue weighted by molar-refractivity contribution is 6.07. The highest BCUT2D eigenvalue weighted by Gasteiger charge is 2.46. The van der Waals surface area contributed by atoms with Gasteiger partial charge < -0.3 is 19.5 Å². The lowest BCUT2D eigenvalue weighted by atomic mass is 10.0. The van der Waals surface area contributed by atoms with Crippen LogP contribution in [-0.2, 0) is 27.4 Å². The van der Waals surface area contributed by atoms with Crippen molar-refractivity contribution in [2.24, 2.45) is 0 Å². The number of rotatable bonds is 7. The fourth-order valence-corrected chi connectivity index (χ4v) is 2.24. The molecule has 1 aliphatic heterocycles. The van der Waals surface area contributed by atoms with E-state index >= 15 is 0 Å². The zero-order valence-corrected chi connectivity index (χ0v) is 13.5. The number of hydrogen-bond acceptors (Lipinski definition) is 5. The highest BCUT2D eigenvalue weighted by Crippen LogP contribution is 2.20. The second kappa shape index (κ2) is 6.78. The van der Waals surface area contributed by atoms with Crippen LogP contribution in [0.15, 0.2) is 12.5 Å². The zero-order chi connectivity index (χ0) is 17.0. The number of urea groups is 1. The summed E-state index contributed by atoms with van der Waals surface area (Å²) in [6.45, 7) is 4.48. The molecule has 126 valence electrons. The van der Waals surface area contributed by atoms with Gasteiger partial charge in [0.15, 0.2) is 0 Å². The molecule has 1 aromatic heterocycles. The molecular formula is C14H21N5O4. The van der Waals surface area contributed by atoms with Crippen LogP contribution in [0.4, 0.5) is 4.79 Å². The number of hydrogen-bond donors (Lipinski definition) is 2. The third-order valence-corrected chi connectivity index (χ3v) is 3.80. The summed E-state index contributed by atoms with van der Waals surface area (Å²) in [5.41, 5.74) is -0.203. The maximum Gasteiger partial charge on any atom is 0.325 e. The summed E-state index contributed by atoms with van der Waals surface area (Å²) in [4.78, 5) is 40.7. The van der Waals surface area contributed by atoms with Crippen LogP contribution in [0.25, 0.3) is 0 Å². The summed E-state index contributed by atoms with van der Waals surface area (Å²) in [6, 6.07) is -0.555. The number of amides is 4. The number of carbonyl (C=O) groups is 3. The number of ether oxygens (including phenoxy) is 1. The Labute approximate surface area is 134 Å². The van der Waals surface area contributed by atoms with Crippen molar-refractivity contribution in [2.45, 2.75) is 32.5 Å². The summed E-state index contributed by atoms with van der Waals surface area (Å²) >= 11 is 0. The molecule has 9 heteroatoms. The predicted octanol–water partition coefficient (Wildman–Crippen LogP) is -0.524. The molecule has 1 fully saturated rings. The Bertz CT molecular complexity index is 610. The normalized spacial score (nSPS) is 16.6. The van der Waals surface area contributed by atoms with E-state index in [1.165, 1.54) is 4.90 Å². The van der Waals surface area contributed by atoms with Crippen LogP contribution < -0.4 is 10.6 Å². The third kappa shape index (κ3) is 3.67. The summed E-state index contributed by atoms with van der Waals surface area (Å²) in [6.07, 6.45) is 3.32. The smallest absolute Gasteiger partial charge is 0.325 e. The van der Waals surface area contributed by atoms with Crippen molar-refractivity contribution < 1.29 is 19.1 Å². The zero-order valence-electron chi connectivity index (χ0n) is 13.5. The first kappa shape index (κ1) is 16.9. The van der Waals surface area contributed by atoms with Crippen molar-refractivity contribution >= 4 is 17.8 Å². The van der Waals surface area contributed by atoms with Gasteiger partial charge in [0.1, 0.15) is 12.1 Å².